The monoisotopic (exact) mass is 1060 g/mol. The second kappa shape index (κ2) is 17.9. The fourth-order valence-corrected chi connectivity index (χ4v) is 7.89. The van der Waals surface area contributed by atoms with Crippen molar-refractivity contribution in [1.82, 2.24) is 10.6 Å². The highest BCUT2D eigenvalue weighted by Gasteiger charge is 2.58. The number of hydrogen-bond donors (Lipinski definition) is 2. The molecular weight excluding hydrogens is 1040 g/mol. The molecule has 6 rings (SSSR count). The van der Waals surface area contributed by atoms with Crippen LogP contribution in [0.15, 0.2) is 121 Å². The van der Waals surface area contributed by atoms with E-state index in [1.54, 1.807) is 10.6 Å². The minimum absolute atomic E-state index is 0.0652. The van der Waals surface area contributed by atoms with Crippen molar-refractivity contribution in [2.24, 2.45) is 0 Å². The standard InChI is InChI=1S/C45H24F24N2O/c46-38(47,48)27-5-1-3-25(13-27)36(44(64,65)66)17-23(21-7-29(40(52,53)54)15-30(8-21)41(55,56)57)11-33(19-36)70-35(72)71-34-12-24(22-9-31(42(58,59)60)16-32(10-22)43(61,62)63)18-37(20-34,45(67,68)69)26-4-2-6-28(14-26)39(49,50)51/h1-16,19-20H,17-18H2,(H2,70,71,72). The Morgan fingerprint density at radius 2 is 0.653 bits per heavy atom. The van der Waals surface area contributed by atoms with Gasteiger partial charge < -0.3 is 10.6 Å². The van der Waals surface area contributed by atoms with Crippen molar-refractivity contribution >= 4 is 17.2 Å². The van der Waals surface area contributed by atoms with Crippen LogP contribution in [0.4, 0.5) is 110 Å². The predicted molar refractivity (Wildman–Crippen MR) is 204 cm³/mol. The van der Waals surface area contributed by atoms with Gasteiger partial charge in [0.1, 0.15) is 10.8 Å². The fraction of sp³-hybridized carbons (Fsp3) is 0.267. The van der Waals surface area contributed by atoms with E-state index in [0.717, 1.165) is 0 Å². The van der Waals surface area contributed by atoms with E-state index >= 15 is 26.3 Å². The van der Waals surface area contributed by atoms with Crippen molar-refractivity contribution < 1.29 is 110 Å². The summed E-state index contributed by atoms with van der Waals surface area (Å²) in [4.78, 5) is 13.8. The molecule has 2 N–H and O–H groups in total. The quantitative estimate of drug-likeness (QED) is 0.186. The first kappa shape index (κ1) is 54.8. The number of hydrogen-bond acceptors (Lipinski definition) is 1. The van der Waals surface area contributed by atoms with Gasteiger partial charge in [-0.15, -0.1) is 0 Å². The molecule has 72 heavy (non-hydrogen) atoms. The van der Waals surface area contributed by atoms with Gasteiger partial charge >= 0.3 is 55.4 Å². The van der Waals surface area contributed by atoms with E-state index in [9.17, 15) is 83.8 Å². The number of carbonyl (C=O) groups is 1. The van der Waals surface area contributed by atoms with Crippen molar-refractivity contribution in [1.29, 1.82) is 0 Å². The van der Waals surface area contributed by atoms with E-state index in [0.29, 0.717) is 36.4 Å². The fourth-order valence-electron chi connectivity index (χ4n) is 7.89. The lowest BCUT2D eigenvalue weighted by atomic mass is 9.70. The molecule has 2 atom stereocenters. The van der Waals surface area contributed by atoms with Gasteiger partial charge in [-0.2, -0.15) is 105 Å². The van der Waals surface area contributed by atoms with Crippen LogP contribution in [0, 0.1) is 0 Å². The van der Waals surface area contributed by atoms with Gasteiger partial charge in [-0.1, -0.05) is 36.4 Å². The van der Waals surface area contributed by atoms with Crippen molar-refractivity contribution in [3.8, 4) is 0 Å². The van der Waals surface area contributed by atoms with Gasteiger partial charge in [-0.05, 0) is 119 Å². The number of halogens is 24. The zero-order valence-electron chi connectivity index (χ0n) is 34.8. The molecule has 2 aliphatic rings. The van der Waals surface area contributed by atoms with Crippen molar-refractivity contribution in [2.45, 2.75) is 73.1 Å². The smallest absolute Gasteiger partial charge is 0.308 e. The maximum absolute atomic E-state index is 15.5. The third-order valence-electron chi connectivity index (χ3n) is 11.3. The number of allylic oxidation sites excluding steroid dienone is 6. The summed E-state index contributed by atoms with van der Waals surface area (Å²) in [5, 5.41) is 3.23. The predicted octanol–water partition coefficient (Wildman–Crippen LogP) is 16.1. The van der Waals surface area contributed by atoms with Crippen LogP contribution in [-0.2, 0) is 47.9 Å². The topological polar surface area (TPSA) is 41.1 Å². The van der Waals surface area contributed by atoms with E-state index < -0.39 is 169 Å². The Morgan fingerprint density at radius 1 is 0.375 bits per heavy atom. The number of rotatable bonds is 6. The summed E-state index contributed by atoms with van der Waals surface area (Å²) in [6, 6.07) is -1.25. The number of urea groups is 1. The van der Waals surface area contributed by atoms with Crippen LogP contribution in [0.3, 0.4) is 0 Å². The van der Waals surface area contributed by atoms with E-state index in [4.69, 9.17) is 0 Å². The van der Waals surface area contributed by atoms with E-state index in [2.05, 4.69) is 0 Å². The molecule has 4 aromatic rings. The Morgan fingerprint density at radius 3 is 0.903 bits per heavy atom. The summed E-state index contributed by atoms with van der Waals surface area (Å²) >= 11 is 0. The van der Waals surface area contributed by atoms with Crippen LogP contribution >= 0.6 is 0 Å². The van der Waals surface area contributed by atoms with Crippen LogP contribution in [0.25, 0.3) is 11.1 Å². The average Bonchev–Trinajstić information content (AvgIpc) is 3.23. The second-order valence-electron chi connectivity index (χ2n) is 16.2. The Balaban J connectivity index is 1.59. The zero-order chi connectivity index (χ0) is 54.2. The SMILES string of the molecule is O=C(NC1=CC(c2cccc(C(F)(F)F)c2)(C(F)(F)F)CC(c2cc(C(F)(F)F)cc(C(F)(F)F)c2)=C1)NC1=CC(c2cccc(C(F)(F)F)c2)(C(F)(F)F)CC(c2cc(C(F)(F)F)cc(C(F)(F)F)c2)=C1. The van der Waals surface area contributed by atoms with Gasteiger partial charge in [0, 0.05) is 11.4 Å². The highest BCUT2D eigenvalue weighted by Crippen LogP contribution is 2.54. The molecule has 3 nitrogen and oxygen atoms in total. The summed E-state index contributed by atoms with van der Waals surface area (Å²) in [7, 11) is 0. The summed E-state index contributed by atoms with van der Waals surface area (Å²) < 4.78 is 344. The molecule has 0 radical (unpaired) electrons. The highest BCUT2D eigenvalue weighted by atomic mass is 19.4. The lowest BCUT2D eigenvalue weighted by Gasteiger charge is -2.38. The summed E-state index contributed by atoms with van der Waals surface area (Å²) in [6.45, 7) is 0. The first-order valence-electron chi connectivity index (χ1n) is 19.6. The van der Waals surface area contributed by atoms with E-state index in [1.165, 1.54) is 0 Å². The molecule has 4 aromatic carbocycles. The first-order chi connectivity index (χ1) is 32.5. The molecule has 0 fully saturated rings. The molecule has 2 aliphatic carbocycles. The molecule has 0 bridgehead atoms. The Bertz CT molecular complexity index is 2620. The average molecular weight is 1060 g/mol. The van der Waals surface area contributed by atoms with E-state index in [1.807, 2.05) is 0 Å². The van der Waals surface area contributed by atoms with Gasteiger partial charge in [0.15, 0.2) is 0 Å². The summed E-state index contributed by atoms with van der Waals surface area (Å²) in [5.74, 6) is 0. The van der Waals surface area contributed by atoms with Gasteiger partial charge in [0.25, 0.3) is 0 Å². The molecule has 0 spiro atoms. The largest absolute Gasteiger partial charge is 0.416 e. The van der Waals surface area contributed by atoms with Crippen LogP contribution < -0.4 is 10.6 Å². The molecule has 0 saturated heterocycles. The minimum Gasteiger partial charge on any atom is -0.308 e. The van der Waals surface area contributed by atoms with E-state index in [-0.39, 0.29) is 60.7 Å². The molecule has 0 aromatic heterocycles. The zero-order valence-corrected chi connectivity index (χ0v) is 34.8. The number of benzene rings is 4. The Kier molecular flexibility index (Phi) is 13.6. The molecule has 27 heteroatoms. The summed E-state index contributed by atoms with van der Waals surface area (Å²) in [6.07, 6.45) is -48.3. The van der Waals surface area contributed by atoms with Crippen LogP contribution in [0.5, 0.6) is 0 Å². The maximum Gasteiger partial charge on any atom is 0.416 e. The Labute approximate surface area is 387 Å². The second-order valence-corrected chi connectivity index (χ2v) is 16.2. The van der Waals surface area contributed by atoms with Crippen molar-refractivity contribution in [3.63, 3.8) is 0 Å². The minimum atomic E-state index is -5.91. The van der Waals surface area contributed by atoms with Crippen LogP contribution in [0.2, 0.25) is 0 Å². The molecule has 0 saturated carbocycles. The molecular formula is C45H24F24N2O. The number of amides is 2. The molecule has 2 amide bonds. The highest BCUT2D eigenvalue weighted by molar-refractivity contribution is 5.83. The van der Waals surface area contributed by atoms with Crippen LogP contribution in [0.1, 0.15) is 68.5 Å². The summed E-state index contributed by atoms with van der Waals surface area (Å²) in [5.41, 5.74) is -30.4. The lowest BCUT2D eigenvalue weighted by molar-refractivity contribution is -0.176. The number of carbonyl (C=O) groups excluding carboxylic acids is 1. The number of nitrogens with one attached hydrogen (secondary N) is 2. The third-order valence-corrected chi connectivity index (χ3v) is 11.3. The van der Waals surface area contributed by atoms with Gasteiger partial charge in [0.2, 0.25) is 0 Å². The maximum atomic E-state index is 15.5. The lowest BCUT2D eigenvalue weighted by Crippen LogP contribution is -2.45. The molecule has 0 aliphatic heterocycles. The normalized spacial score (nSPS) is 19.8. The van der Waals surface area contributed by atoms with Gasteiger partial charge in [-0.3, -0.25) is 0 Å². The molecule has 388 valence electrons. The van der Waals surface area contributed by atoms with Gasteiger partial charge in [0.05, 0.1) is 33.4 Å². The third kappa shape index (κ3) is 11.4. The van der Waals surface area contributed by atoms with Gasteiger partial charge in [-0.25, -0.2) is 4.79 Å². The van der Waals surface area contributed by atoms with Crippen molar-refractivity contribution in [3.05, 3.63) is 176 Å². The Hall–Kier alpha value is -6.57. The van der Waals surface area contributed by atoms with Crippen molar-refractivity contribution in [2.75, 3.05) is 0 Å². The number of alkyl halides is 24. The molecule has 0 heterocycles. The van der Waals surface area contributed by atoms with Crippen LogP contribution in [-0.4, -0.2) is 18.4 Å². The first-order valence-corrected chi connectivity index (χ1v) is 19.6. The molecule has 2 unspecified atom stereocenters.